The van der Waals surface area contributed by atoms with Crippen LogP contribution in [0.1, 0.15) is 51.2 Å². The number of carbonyl (C=O) groups excluding carboxylic acids is 2. The molecule has 0 aliphatic rings. The van der Waals surface area contributed by atoms with Crippen molar-refractivity contribution in [2.24, 2.45) is 0 Å². The second-order valence-corrected chi connectivity index (χ2v) is 8.39. The Morgan fingerprint density at radius 2 is 1.82 bits per heavy atom. The number of hydrogen-bond donors (Lipinski definition) is 1. The van der Waals surface area contributed by atoms with Gasteiger partial charge in [-0.15, -0.1) is 0 Å². The van der Waals surface area contributed by atoms with Gasteiger partial charge in [0, 0.05) is 23.7 Å². The SMILES string of the molecule is CCCCc1nn2c(=O)cc(COC(=O)c3ccc(NC(=O)c4ccccc4)cc3)nc2s1. The zero-order valence-electron chi connectivity index (χ0n) is 18.0. The Morgan fingerprint density at radius 3 is 2.55 bits per heavy atom. The molecule has 0 radical (unpaired) electrons. The lowest BCUT2D eigenvalue weighted by atomic mass is 10.2. The molecule has 0 unspecified atom stereocenters. The van der Waals surface area contributed by atoms with Crippen LogP contribution in [-0.4, -0.2) is 26.5 Å². The van der Waals surface area contributed by atoms with E-state index in [2.05, 4.69) is 22.3 Å². The van der Waals surface area contributed by atoms with E-state index < -0.39 is 5.97 Å². The van der Waals surface area contributed by atoms with Gasteiger partial charge in [0.1, 0.15) is 11.6 Å². The summed E-state index contributed by atoms with van der Waals surface area (Å²) in [4.78, 5) is 41.8. The molecule has 4 aromatic rings. The lowest BCUT2D eigenvalue weighted by Gasteiger charge is -2.07. The monoisotopic (exact) mass is 462 g/mol. The van der Waals surface area contributed by atoms with Crippen LogP contribution in [0.3, 0.4) is 0 Å². The Bertz CT molecular complexity index is 1330. The van der Waals surface area contributed by atoms with Crippen LogP contribution in [0, 0.1) is 0 Å². The minimum absolute atomic E-state index is 0.126. The Labute approximate surface area is 193 Å². The van der Waals surface area contributed by atoms with Gasteiger partial charge in [-0.1, -0.05) is 42.9 Å². The van der Waals surface area contributed by atoms with Crippen molar-refractivity contribution in [3.63, 3.8) is 0 Å². The number of rotatable bonds is 8. The summed E-state index contributed by atoms with van der Waals surface area (Å²) in [5.41, 5.74) is 1.49. The Morgan fingerprint density at radius 1 is 1.06 bits per heavy atom. The second kappa shape index (κ2) is 10.2. The molecule has 33 heavy (non-hydrogen) atoms. The number of aromatic nitrogens is 3. The van der Waals surface area contributed by atoms with Gasteiger partial charge in [-0.3, -0.25) is 9.59 Å². The average Bonchev–Trinajstić information content (AvgIpc) is 3.26. The van der Waals surface area contributed by atoms with Gasteiger partial charge in [0.2, 0.25) is 4.96 Å². The summed E-state index contributed by atoms with van der Waals surface area (Å²) >= 11 is 1.37. The molecule has 1 N–H and O–H groups in total. The third-order valence-electron chi connectivity index (χ3n) is 4.85. The maximum Gasteiger partial charge on any atom is 0.338 e. The number of aryl methyl sites for hydroxylation is 1. The van der Waals surface area contributed by atoms with E-state index >= 15 is 0 Å². The molecule has 9 heteroatoms. The predicted molar refractivity (Wildman–Crippen MR) is 126 cm³/mol. The molecule has 8 nitrogen and oxygen atoms in total. The molecule has 0 bridgehead atoms. The highest BCUT2D eigenvalue weighted by molar-refractivity contribution is 7.16. The molecular weight excluding hydrogens is 440 g/mol. The van der Waals surface area contributed by atoms with E-state index in [1.165, 1.54) is 21.9 Å². The lowest BCUT2D eigenvalue weighted by Crippen LogP contribution is -2.16. The number of ether oxygens (including phenoxy) is 1. The Hall–Kier alpha value is -3.85. The number of carbonyl (C=O) groups is 2. The van der Waals surface area contributed by atoms with E-state index in [4.69, 9.17) is 4.74 Å². The number of nitrogens with one attached hydrogen (secondary N) is 1. The van der Waals surface area contributed by atoms with Crippen molar-refractivity contribution < 1.29 is 14.3 Å². The summed E-state index contributed by atoms with van der Waals surface area (Å²) in [7, 11) is 0. The van der Waals surface area contributed by atoms with E-state index in [-0.39, 0.29) is 18.1 Å². The van der Waals surface area contributed by atoms with Crippen LogP contribution in [0.25, 0.3) is 4.96 Å². The molecular formula is C24H22N4O4S. The van der Waals surface area contributed by atoms with Gasteiger partial charge >= 0.3 is 5.97 Å². The minimum atomic E-state index is -0.550. The van der Waals surface area contributed by atoms with Crippen molar-refractivity contribution in [3.05, 3.63) is 92.8 Å². The molecule has 1 amide bonds. The summed E-state index contributed by atoms with van der Waals surface area (Å²) in [5, 5.41) is 7.94. The molecule has 2 heterocycles. The van der Waals surface area contributed by atoms with Gasteiger partial charge in [0.15, 0.2) is 0 Å². The first-order chi connectivity index (χ1) is 16.0. The van der Waals surface area contributed by atoms with Crippen molar-refractivity contribution in [2.75, 3.05) is 5.32 Å². The van der Waals surface area contributed by atoms with E-state index in [1.807, 2.05) is 6.07 Å². The van der Waals surface area contributed by atoms with Crippen LogP contribution in [0.5, 0.6) is 0 Å². The summed E-state index contributed by atoms with van der Waals surface area (Å²) in [5.74, 6) is -0.787. The fourth-order valence-corrected chi connectivity index (χ4v) is 4.06. The van der Waals surface area contributed by atoms with E-state index in [0.29, 0.717) is 27.5 Å². The van der Waals surface area contributed by atoms with Gasteiger partial charge in [-0.2, -0.15) is 9.61 Å². The van der Waals surface area contributed by atoms with E-state index in [9.17, 15) is 14.4 Å². The quantitative estimate of drug-likeness (QED) is 0.396. The number of hydrogen-bond acceptors (Lipinski definition) is 7. The van der Waals surface area contributed by atoms with Crippen LogP contribution in [0.4, 0.5) is 5.69 Å². The molecule has 0 aliphatic carbocycles. The standard InChI is InChI=1S/C24H22N4O4S/c1-2-3-9-20-27-28-21(29)14-19(26-24(28)33-20)15-32-23(31)17-10-12-18(13-11-17)25-22(30)16-7-5-4-6-8-16/h4-8,10-14H,2-3,9,15H2,1H3,(H,25,30). The van der Waals surface area contributed by atoms with Crippen molar-refractivity contribution >= 4 is 33.9 Å². The number of anilines is 1. The van der Waals surface area contributed by atoms with Crippen LogP contribution in [-0.2, 0) is 17.8 Å². The highest BCUT2D eigenvalue weighted by Crippen LogP contribution is 2.15. The molecule has 2 aromatic carbocycles. The zero-order chi connectivity index (χ0) is 23.2. The fraction of sp³-hybridized carbons (Fsp3) is 0.208. The Kier molecular flexibility index (Phi) is 6.89. The molecule has 0 spiro atoms. The first-order valence-electron chi connectivity index (χ1n) is 10.6. The van der Waals surface area contributed by atoms with Crippen molar-refractivity contribution in [1.82, 2.24) is 14.6 Å². The molecule has 0 fully saturated rings. The molecule has 0 aliphatic heterocycles. The third kappa shape index (κ3) is 5.50. The first-order valence-corrected chi connectivity index (χ1v) is 11.4. The van der Waals surface area contributed by atoms with Crippen molar-refractivity contribution in [3.8, 4) is 0 Å². The topological polar surface area (TPSA) is 103 Å². The number of fused-ring (bicyclic) bond motifs is 1. The number of amides is 1. The van der Waals surface area contributed by atoms with Crippen molar-refractivity contribution in [2.45, 2.75) is 32.8 Å². The van der Waals surface area contributed by atoms with Gasteiger partial charge in [-0.25, -0.2) is 9.78 Å². The number of benzene rings is 2. The molecule has 0 atom stereocenters. The number of esters is 1. The molecule has 0 saturated carbocycles. The summed E-state index contributed by atoms with van der Waals surface area (Å²) < 4.78 is 6.61. The lowest BCUT2D eigenvalue weighted by molar-refractivity contribution is 0.0467. The van der Waals surface area contributed by atoms with Crippen LogP contribution >= 0.6 is 11.3 Å². The molecule has 0 saturated heterocycles. The summed E-state index contributed by atoms with van der Waals surface area (Å²) in [6, 6.07) is 16.6. The van der Waals surface area contributed by atoms with Gasteiger partial charge in [-0.05, 0) is 42.8 Å². The van der Waals surface area contributed by atoms with E-state index in [1.54, 1.807) is 48.5 Å². The number of unbranched alkanes of at least 4 members (excludes halogenated alkanes) is 1. The Balaban J connectivity index is 1.38. The fourth-order valence-electron chi connectivity index (χ4n) is 3.10. The predicted octanol–water partition coefficient (Wildman–Crippen LogP) is 4.10. The smallest absolute Gasteiger partial charge is 0.338 e. The van der Waals surface area contributed by atoms with Crippen LogP contribution < -0.4 is 10.9 Å². The zero-order valence-corrected chi connectivity index (χ0v) is 18.8. The van der Waals surface area contributed by atoms with Gasteiger partial charge < -0.3 is 10.1 Å². The van der Waals surface area contributed by atoms with Gasteiger partial charge in [0.25, 0.3) is 11.5 Å². The molecule has 2 aromatic heterocycles. The first kappa shape index (κ1) is 22.3. The molecule has 168 valence electrons. The van der Waals surface area contributed by atoms with E-state index in [0.717, 1.165) is 24.3 Å². The third-order valence-corrected chi connectivity index (χ3v) is 5.82. The van der Waals surface area contributed by atoms with Gasteiger partial charge in [0.05, 0.1) is 11.3 Å². The average molecular weight is 463 g/mol. The minimum Gasteiger partial charge on any atom is -0.456 e. The van der Waals surface area contributed by atoms with Crippen LogP contribution in [0.2, 0.25) is 0 Å². The summed E-state index contributed by atoms with van der Waals surface area (Å²) in [6.07, 6.45) is 2.84. The highest BCUT2D eigenvalue weighted by atomic mass is 32.1. The highest BCUT2D eigenvalue weighted by Gasteiger charge is 2.12. The largest absolute Gasteiger partial charge is 0.456 e. The maximum atomic E-state index is 12.4. The number of nitrogens with zero attached hydrogens (tertiary/aromatic N) is 3. The summed E-state index contributed by atoms with van der Waals surface area (Å²) in [6.45, 7) is 1.97. The van der Waals surface area contributed by atoms with Crippen molar-refractivity contribution in [1.29, 1.82) is 0 Å². The molecule has 4 rings (SSSR count). The maximum absolute atomic E-state index is 12.4. The normalized spacial score (nSPS) is 10.8. The second-order valence-electron chi connectivity index (χ2n) is 7.35. The van der Waals surface area contributed by atoms with Crippen LogP contribution in [0.15, 0.2) is 65.5 Å².